The molecule has 1 aromatic carbocycles. The van der Waals surface area contributed by atoms with E-state index in [-0.39, 0.29) is 0 Å². The summed E-state index contributed by atoms with van der Waals surface area (Å²) in [7, 11) is 0. The average molecular weight is 281 g/mol. The van der Waals surface area contributed by atoms with Gasteiger partial charge in [-0.1, -0.05) is 33.1 Å². The van der Waals surface area contributed by atoms with Gasteiger partial charge in [0.05, 0.1) is 6.61 Å². The van der Waals surface area contributed by atoms with Crippen LogP contribution in [-0.2, 0) is 0 Å². The van der Waals surface area contributed by atoms with Gasteiger partial charge in [0.1, 0.15) is 5.75 Å². The topological polar surface area (TPSA) is 35.2 Å². The van der Waals surface area contributed by atoms with Crippen molar-refractivity contribution >= 4 is 17.4 Å². The van der Waals surface area contributed by atoms with Gasteiger partial charge in [0.15, 0.2) is 0 Å². The van der Waals surface area contributed by atoms with Crippen LogP contribution in [0.1, 0.15) is 46.5 Å². The number of rotatable bonds is 9. The number of hydrogen-bond donors (Lipinski definition) is 1. The third-order valence-electron chi connectivity index (χ3n) is 3.31. The van der Waals surface area contributed by atoms with Gasteiger partial charge in [-0.05, 0) is 37.5 Å². The Morgan fingerprint density at radius 3 is 2.68 bits per heavy atom. The second-order valence-electron chi connectivity index (χ2n) is 4.86. The van der Waals surface area contributed by atoms with Crippen molar-refractivity contribution in [3.63, 3.8) is 0 Å². The highest BCUT2D eigenvalue weighted by molar-refractivity contribution is 7.99. The summed E-state index contributed by atoms with van der Waals surface area (Å²) in [6, 6.07) is 5.95. The Morgan fingerprint density at radius 2 is 2.05 bits per heavy atom. The van der Waals surface area contributed by atoms with E-state index in [9.17, 15) is 0 Å². The van der Waals surface area contributed by atoms with Crippen LogP contribution in [0, 0.1) is 5.92 Å². The summed E-state index contributed by atoms with van der Waals surface area (Å²) >= 11 is 1.87. The first-order chi connectivity index (χ1) is 9.21. The van der Waals surface area contributed by atoms with E-state index in [4.69, 9.17) is 10.5 Å². The SMILES string of the molecule is CCCCC(CC)CSc1cc(OCC)ccc1N. The van der Waals surface area contributed by atoms with Crippen molar-refractivity contribution < 1.29 is 4.74 Å². The number of benzene rings is 1. The van der Waals surface area contributed by atoms with Crippen LogP contribution in [0.15, 0.2) is 23.1 Å². The first-order valence-electron chi connectivity index (χ1n) is 7.36. The molecular weight excluding hydrogens is 254 g/mol. The number of unbranched alkanes of at least 4 members (excludes halogenated alkanes) is 1. The highest BCUT2D eigenvalue weighted by Gasteiger charge is 2.09. The van der Waals surface area contributed by atoms with E-state index in [1.54, 1.807) is 0 Å². The number of nitrogens with two attached hydrogens (primary N) is 1. The Morgan fingerprint density at radius 1 is 1.26 bits per heavy atom. The Labute approximate surface area is 122 Å². The minimum Gasteiger partial charge on any atom is -0.494 e. The van der Waals surface area contributed by atoms with Crippen LogP contribution < -0.4 is 10.5 Å². The summed E-state index contributed by atoms with van der Waals surface area (Å²) in [5.74, 6) is 2.86. The summed E-state index contributed by atoms with van der Waals surface area (Å²) in [6.07, 6.45) is 5.18. The molecule has 2 N–H and O–H groups in total. The Hall–Kier alpha value is -0.830. The molecule has 1 atom stereocenters. The molecule has 0 aromatic heterocycles. The maximum Gasteiger partial charge on any atom is 0.120 e. The first kappa shape index (κ1) is 16.2. The molecule has 19 heavy (non-hydrogen) atoms. The zero-order valence-corrected chi connectivity index (χ0v) is 13.3. The molecule has 1 unspecified atom stereocenters. The molecule has 0 amide bonds. The Bertz CT molecular complexity index is 368. The molecule has 2 nitrogen and oxygen atoms in total. The monoisotopic (exact) mass is 281 g/mol. The van der Waals surface area contributed by atoms with Gasteiger partial charge in [0.25, 0.3) is 0 Å². The van der Waals surface area contributed by atoms with Gasteiger partial charge in [0.2, 0.25) is 0 Å². The molecule has 0 aliphatic rings. The lowest BCUT2D eigenvalue weighted by Crippen LogP contribution is -2.03. The summed E-state index contributed by atoms with van der Waals surface area (Å²) in [6.45, 7) is 7.23. The van der Waals surface area contributed by atoms with Crippen molar-refractivity contribution in [3.05, 3.63) is 18.2 Å². The Kier molecular flexibility index (Phi) is 7.80. The van der Waals surface area contributed by atoms with Crippen LogP contribution in [0.3, 0.4) is 0 Å². The molecule has 1 rings (SSSR count). The molecule has 0 aliphatic heterocycles. The van der Waals surface area contributed by atoms with Crippen molar-refractivity contribution in [2.45, 2.75) is 51.3 Å². The van der Waals surface area contributed by atoms with Crippen LogP contribution in [-0.4, -0.2) is 12.4 Å². The lowest BCUT2D eigenvalue weighted by atomic mass is 10.0. The van der Waals surface area contributed by atoms with E-state index in [1.165, 1.54) is 25.7 Å². The molecule has 0 aliphatic carbocycles. The lowest BCUT2D eigenvalue weighted by Gasteiger charge is -2.15. The number of ether oxygens (including phenoxy) is 1. The van der Waals surface area contributed by atoms with E-state index in [0.29, 0.717) is 6.61 Å². The molecule has 0 saturated carbocycles. The second-order valence-corrected chi connectivity index (χ2v) is 5.92. The van der Waals surface area contributed by atoms with E-state index < -0.39 is 0 Å². The zero-order valence-electron chi connectivity index (χ0n) is 12.4. The highest BCUT2D eigenvalue weighted by atomic mass is 32.2. The molecule has 108 valence electrons. The first-order valence-corrected chi connectivity index (χ1v) is 8.34. The van der Waals surface area contributed by atoms with Crippen molar-refractivity contribution in [3.8, 4) is 5.75 Å². The lowest BCUT2D eigenvalue weighted by molar-refractivity contribution is 0.339. The maximum atomic E-state index is 6.04. The third kappa shape index (κ3) is 5.77. The summed E-state index contributed by atoms with van der Waals surface area (Å²) in [5, 5.41) is 0. The zero-order chi connectivity index (χ0) is 14.1. The number of thioether (sulfide) groups is 1. The van der Waals surface area contributed by atoms with Crippen LogP contribution in [0.5, 0.6) is 5.75 Å². The summed E-state index contributed by atoms with van der Waals surface area (Å²) in [5.41, 5.74) is 6.90. The highest BCUT2D eigenvalue weighted by Crippen LogP contribution is 2.32. The minimum atomic E-state index is 0.697. The van der Waals surface area contributed by atoms with Crippen molar-refractivity contribution in [2.75, 3.05) is 18.1 Å². The van der Waals surface area contributed by atoms with Crippen LogP contribution in [0.4, 0.5) is 5.69 Å². The molecule has 0 radical (unpaired) electrons. The van der Waals surface area contributed by atoms with E-state index in [0.717, 1.165) is 28.0 Å². The third-order valence-corrected chi connectivity index (χ3v) is 4.62. The van der Waals surface area contributed by atoms with Crippen LogP contribution in [0.25, 0.3) is 0 Å². The van der Waals surface area contributed by atoms with Gasteiger partial charge in [-0.25, -0.2) is 0 Å². The van der Waals surface area contributed by atoms with E-state index >= 15 is 0 Å². The van der Waals surface area contributed by atoms with Gasteiger partial charge in [-0.3, -0.25) is 0 Å². The maximum absolute atomic E-state index is 6.04. The van der Waals surface area contributed by atoms with Gasteiger partial charge in [-0.15, -0.1) is 11.8 Å². The fourth-order valence-electron chi connectivity index (χ4n) is 2.00. The van der Waals surface area contributed by atoms with Crippen molar-refractivity contribution in [1.82, 2.24) is 0 Å². The molecule has 0 heterocycles. The molecule has 0 spiro atoms. The fraction of sp³-hybridized carbons (Fsp3) is 0.625. The molecule has 0 saturated heterocycles. The smallest absolute Gasteiger partial charge is 0.120 e. The predicted octanol–water partition coefficient (Wildman–Crippen LogP) is 4.98. The number of anilines is 1. The second kappa shape index (κ2) is 9.13. The van der Waals surface area contributed by atoms with Gasteiger partial charge in [0, 0.05) is 16.3 Å². The quantitative estimate of drug-likeness (QED) is 0.512. The number of hydrogen-bond acceptors (Lipinski definition) is 3. The van der Waals surface area contributed by atoms with Gasteiger partial charge >= 0.3 is 0 Å². The van der Waals surface area contributed by atoms with Gasteiger partial charge < -0.3 is 10.5 Å². The normalized spacial score (nSPS) is 12.4. The average Bonchev–Trinajstić information content (AvgIpc) is 2.42. The van der Waals surface area contributed by atoms with E-state index in [1.807, 2.05) is 30.8 Å². The van der Waals surface area contributed by atoms with Crippen LogP contribution >= 0.6 is 11.8 Å². The summed E-state index contributed by atoms with van der Waals surface area (Å²) < 4.78 is 5.53. The number of nitrogen functional groups attached to an aromatic ring is 1. The molecule has 1 aromatic rings. The largest absolute Gasteiger partial charge is 0.494 e. The van der Waals surface area contributed by atoms with Crippen LogP contribution in [0.2, 0.25) is 0 Å². The van der Waals surface area contributed by atoms with Crippen molar-refractivity contribution in [2.24, 2.45) is 5.92 Å². The van der Waals surface area contributed by atoms with E-state index in [2.05, 4.69) is 19.9 Å². The standard InChI is InChI=1S/C16H27NOS/c1-4-7-8-13(5-2)12-19-16-11-14(18-6-3)9-10-15(16)17/h9-11,13H,4-8,12,17H2,1-3H3. The van der Waals surface area contributed by atoms with Crippen molar-refractivity contribution in [1.29, 1.82) is 0 Å². The molecule has 0 fully saturated rings. The molecular formula is C16H27NOS. The predicted molar refractivity (Wildman–Crippen MR) is 86.1 cm³/mol. The summed E-state index contributed by atoms with van der Waals surface area (Å²) in [4.78, 5) is 1.15. The molecule has 3 heteroatoms. The van der Waals surface area contributed by atoms with Gasteiger partial charge in [-0.2, -0.15) is 0 Å². The molecule has 0 bridgehead atoms. The minimum absolute atomic E-state index is 0.697. The fourth-order valence-corrected chi connectivity index (χ4v) is 3.25. The Balaban J connectivity index is 2.57.